The summed E-state index contributed by atoms with van der Waals surface area (Å²) < 4.78 is 24.5. The zero-order chi connectivity index (χ0) is 17.7. The normalized spacial score (nSPS) is 11.2. The maximum atomic E-state index is 12.2. The fraction of sp³-hybridized carbons (Fsp3) is 0.267. The minimum absolute atomic E-state index is 0.00402. The Morgan fingerprint density at radius 2 is 1.71 bits per heavy atom. The number of rotatable bonds is 7. The van der Waals surface area contributed by atoms with E-state index in [4.69, 9.17) is 5.11 Å². The Bertz CT molecular complexity index is 815. The Labute approximate surface area is 140 Å². The lowest BCUT2D eigenvalue weighted by Crippen LogP contribution is -2.30. The lowest BCUT2D eigenvalue weighted by Gasteiger charge is -2.09. The van der Waals surface area contributed by atoms with Gasteiger partial charge in [-0.2, -0.15) is 0 Å². The molecular formula is C15H18N4O4S. The highest BCUT2D eigenvalue weighted by molar-refractivity contribution is 7.89. The van der Waals surface area contributed by atoms with Crippen molar-refractivity contribution in [1.29, 1.82) is 0 Å². The van der Waals surface area contributed by atoms with Crippen LogP contribution in [0, 0.1) is 13.8 Å². The van der Waals surface area contributed by atoms with Crippen molar-refractivity contribution in [3.63, 3.8) is 0 Å². The molecule has 9 heteroatoms. The van der Waals surface area contributed by atoms with Gasteiger partial charge in [0.05, 0.1) is 4.90 Å². The Hall–Kier alpha value is -2.52. The smallest absolute Gasteiger partial charge is 0.303 e. The van der Waals surface area contributed by atoms with Gasteiger partial charge in [-0.15, -0.1) is 4.83 Å². The summed E-state index contributed by atoms with van der Waals surface area (Å²) in [6, 6.07) is 7.79. The average molecular weight is 350 g/mol. The molecule has 2 rings (SSSR count). The van der Waals surface area contributed by atoms with Gasteiger partial charge in [0.15, 0.2) is 0 Å². The van der Waals surface area contributed by atoms with E-state index in [1.807, 2.05) is 0 Å². The number of carboxylic acid groups (broad SMARTS) is 1. The molecule has 1 aromatic carbocycles. The number of nitrogens with zero attached hydrogens (tertiary/aromatic N) is 2. The molecule has 0 radical (unpaired) electrons. The van der Waals surface area contributed by atoms with E-state index in [-0.39, 0.29) is 17.3 Å². The summed E-state index contributed by atoms with van der Waals surface area (Å²) >= 11 is 0. The monoisotopic (exact) mass is 350 g/mol. The number of hydrogen-bond acceptors (Lipinski definition) is 6. The highest BCUT2D eigenvalue weighted by Crippen LogP contribution is 2.12. The molecular weight excluding hydrogens is 332 g/mol. The first-order valence-corrected chi connectivity index (χ1v) is 8.65. The van der Waals surface area contributed by atoms with Crippen LogP contribution in [0.25, 0.3) is 0 Å². The summed E-state index contributed by atoms with van der Waals surface area (Å²) in [5.74, 6) is -0.736. The predicted octanol–water partition coefficient (Wildman–Crippen LogP) is 1.42. The van der Waals surface area contributed by atoms with E-state index < -0.39 is 16.0 Å². The Balaban J connectivity index is 2.05. The zero-order valence-corrected chi connectivity index (χ0v) is 14.1. The molecule has 0 saturated carbocycles. The van der Waals surface area contributed by atoms with Crippen LogP contribution in [0.2, 0.25) is 0 Å². The van der Waals surface area contributed by atoms with Gasteiger partial charge in [-0.1, -0.05) is 12.1 Å². The fourth-order valence-corrected chi connectivity index (χ4v) is 2.88. The molecule has 1 heterocycles. The highest BCUT2D eigenvalue weighted by atomic mass is 32.2. The summed E-state index contributed by atoms with van der Waals surface area (Å²) in [6.07, 6.45) is 0.341. The van der Waals surface area contributed by atoms with E-state index in [1.165, 1.54) is 12.1 Å². The molecule has 0 spiro atoms. The van der Waals surface area contributed by atoms with Crippen molar-refractivity contribution in [3.05, 3.63) is 47.3 Å². The van der Waals surface area contributed by atoms with Crippen LogP contribution < -0.4 is 10.3 Å². The Morgan fingerprint density at radius 3 is 2.25 bits per heavy atom. The second-order valence-electron chi connectivity index (χ2n) is 5.24. The molecule has 8 nitrogen and oxygen atoms in total. The lowest BCUT2D eigenvalue weighted by molar-refractivity contribution is -0.136. The van der Waals surface area contributed by atoms with Crippen molar-refractivity contribution in [2.24, 2.45) is 0 Å². The Kier molecular flexibility index (Phi) is 5.47. The molecule has 24 heavy (non-hydrogen) atoms. The number of carboxylic acids is 1. The van der Waals surface area contributed by atoms with Gasteiger partial charge in [0, 0.05) is 17.8 Å². The molecule has 0 aliphatic rings. The van der Waals surface area contributed by atoms with Crippen molar-refractivity contribution in [3.8, 4) is 0 Å². The number of carbonyl (C=O) groups is 1. The number of benzene rings is 1. The molecule has 1 aromatic heterocycles. The van der Waals surface area contributed by atoms with Crippen LogP contribution in [0.4, 0.5) is 5.95 Å². The number of anilines is 1. The third kappa shape index (κ3) is 5.00. The van der Waals surface area contributed by atoms with Gasteiger partial charge in [0.2, 0.25) is 5.95 Å². The number of nitrogens with one attached hydrogen (secondary N) is 2. The van der Waals surface area contributed by atoms with Crippen LogP contribution in [0.3, 0.4) is 0 Å². The van der Waals surface area contributed by atoms with Crippen LogP contribution in [-0.2, 0) is 21.2 Å². The van der Waals surface area contributed by atoms with Crippen molar-refractivity contribution in [2.75, 3.05) is 5.43 Å². The lowest BCUT2D eigenvalue weighted by atomic mass is 10.1. The summed E-state index contributed by atoms with van der Waals surface area (Å²) in [5, 5.41) is 8.65. The van der Waals surface area contributed by atoms with Gasteiger partial charge in [0.25, 0.3) is 10.0 Å². The van der Waals surface area contributed by atoms with E-state index in [2.05, 4.69) is 20.2 Å². The molecule has 0 aliphatic heterocycles. The van der Waals surface area contributed by atoms with Crippen molar-refractivity contribution in [1.82, 2.24) is 14.8 Å². The van der Waals surface area contributed by atoms with Crippen LogP contribution in [0.1, 0.15) is 23.4 Å². The summed E-state index contributed by atoms with van der Waals surface area (Å²) in [7, 11) is -3.79. The second-order valence-corrected chi connectivity index (χ2v) is 6.92. The van der Waals surface area contributed by atoms with Crippen LogP contribution in [-0.4, -0.2) is 29.5 Å². The molecule has 3 N–H and O–H groups in total. The highest BCUT2D eigenvalue weighted by Gasteiger charge is 2.14. The van der Waals surface area contributed by atoms with Crippen LogP contribution >= 0.6 is 0 Å². The molecule has 0 fully saturated rings. The molecule has 0 unspecified atom stereocenters. The van der Waals surface area contributed by atoms with Gasteiger partial charge in [-0.25, -0.2) is 18.4 Å². The maximum Gasteiger partial charge on any atom is 0.303 e. The predicted molar refractivity (Wildman–Crippen MR) is 87.8 cm³/mol. The number of aliphatic carboxylic acids is 1. The molecule has 0 atom stereocenters. The van der Waals surface area contributed by atoms with Crippen LogP contribution in [0.5, 0.6) is 0 Å². The second kappa shape index (κ2) is 7.37. The SMILES string of the molecule is Cc1cc(C)nc(NNS(=O)(=O)c2ccc(CCC(=O)O)cc2)n1. The first kappa shape index (κ1) is 17.8. The molecule has 0 bridgehead atoms. The fourth-order valence-electron chi connectivity index (χ4n) is 2.04. The quantitative estimate of drug-likeness (QED) is 0.646. The van der Waals surface area contributed by atoms with E-state index in [9.17, 15) is 13.2 Å². The summed E-state index contributed by atoms with van der Waals surface area (Å²) in [4.78, 5) is 21.0. The molecule has 128 valence electrons. The standard InChI is InChI=1S/C15H18N4O4S/c1-10-9-11(2)17-15(16-10)18-19-24(22,23)13-6-3-12(4-7-13)5-8-14(20)21/h3-4,6-7,9,19H,5,8H2,1-2H3,(H,20,21)(H,16,17,18). The van der Waals surface area contributed by atoms with E-state index >= 15 is 0 Å². The largest absolute Gasteiger partial charge is 0.481 e. The van der Waals surface area contributed by atoms with Gasteiger partial charge >= 0.3 is 5.97 Å². The number of aryl methyl sites for hydroxylation is 3. The topological polar surface area (TPSA) is 121 Å². The molecule has 0 saturated heterocycles. The van der Waals surface area contributed by atoms with Gasteiger partial charge < -0.3 is 5.11 Å². The minimum atomic E-state index is -3.79. The minimum Gasteiger partial charge on any atom is -0.481 e. The third-order valence-electron chi connectivity index (χ3n) is 3.14. The molecule has 0 aliphatic carbocycles. The maximum absolute atomic E-state index is 12.2. The van der Waals surface area contributed by atoms with Crippen molar-refractivity contribution in [2.45, 2.75) is 31.6 Å². The number of aromatic nitrogens is 2. The number of hydrazine groups is 1. The zero-order valence-electron chi connectivity index (χ0n) is 13.3. The molecule has 0 amide bonds. The van der Waals surface area contributed by atoms with Crippen molar-refractivity contribution >= 4 is 21.9 Å². The van der Waals surface area contributed by atoms with Gasteiger partial charge in [-0.05, 0) is 44.0 Å². The van der Waals surface area contributed by atoms with Gasteiger partial charge in [-0.3, -0.25) is 10.2 Å². The third-order valence-corrected chi connectivity index (χ3v) is 4.40. The summed E-state index contributed by atoms with van der Waals surface area (Å²) in [6.45, 7) is 3.56. The van der Waals surface area contributed by atoms with E-state index in [0.717, 1.165) is 5.56 Å². The van der Waals surface area contributed by atoms with Gasteiger partial charge in [0.1, 0.15) is 0 Å². The molecule has 2 aromatic rings. The van der Waals surface area contributed by atoms with E-state index in [1.54, 1.807) is 32.0 Å². The van der Waals surface area contributed by atoms with Crippen LogP contribution in [0.15, 0.2) is 35.2 Å². The Morgan fingerprint density at radius 1 is 1.12 bits per heavy atom. The first-order valence-electron chi connectivity index (χ1n) is 7.17. The van der Waals surface area contributed by atoms with E-state index in [0.29, 0.717) is 17.8 Å². The number of sulfonamides is 1. The first-order chi connectivity index (χ1) is 11.3. The number of hydrogen-bond donors (Lipinski definition) is 3. The average Bonchev–Trinajstić information content (AvgIpc) is 2.50. The van der Waals surface area contributed by atoms with Crippen molar-refractivity contribution < 1.29 is 18.3 Å². The summed E-state index contributed by atoms with van der Waals surface area (Å²) in [5.41, 5.74) is 4.66.